The first kappa shape index (κ1) is 18.2. The number of amides is 1. The molecule has 1 fully saturated rings. The number of nitrogens with zero attached hydrogens (tertiary/aromatic N) is 3. The molecule has 3 rings (SSSR count). The van der Waals surface area contributed by atoms with Gasteiger partial charge in [-0.1, -0.05) is 0 Å². The van der Waals surface area contributed by atoms with Crippen molar-refractivity contribution < 1.29 is 14.3 Å². The van der Waals surface area contributed by atoms with E-state index in [2.05, 4.69) is 5.10 Å². The first-order valence-corrected chi connectivity index (χ1v) is 7.55. The minimum Gasteiger partial charge on any atom is -0.504 e. The van der Waals surface area contributed by atoms with Crippen LogP contribution in [0.3, 0.4) is 0 Å². The van der Waals surface area contributed by atoms with Crippen LogP contribution in [0, 0.1) is 12.7 Å². The number of halogens is 2. The van der Waals surface area contributed by atoms with E-state index in [1.807, 2.05) is 0 Å². The Labute approximate surface area is 145 Å². The highest BCUT2D eigenvalue weighted by Gasteiger charge is 2.27. The van der Waals surface area contributed by atoms with Crippen molar-refractivity contribution in [3.63, 3.8) is 0 Å². The Balaban J connectivity index is 0.00000208. The lowest BCUT2D eigenvalue weighted by Gasteiger charge is -2.30. The highest BCUT2D eigenvalue weighted by atomic mass is 35.5. The highest BCUT2D eigenvalue weighted by Crippen LogP contribution is 2.23. The first-order chi connectivity index (χ1) is 11.0. The van der Waals surface area contributed by atoms with E-state index < -0.39 is 0 Å². The van der Waals surface area contributed by atoms with Gasteiger partial charge in [0.15, 0.2) is 11.4 Å². The van der Waals surface area contributed by atoms with Gasteiger partial charge >= 0.3 is 0 Å². The van der Waals surface area contributed by atoms with Crippen molar-refractivity contribution in [1.82, 2.24) is 14.7 Å². The minimum absolute atomic E-state index is 0. The summed E-state index contributed by atoms with van der Waals surface area (Å²) in [4.78, 5) is 14.1. The second-order valence-corrected chi connectivity index (χ2v) is 5.89. The van der Waals surface area contributed by atoms with Crippen molar-refractivity contribution in [3.05, 3.63) is 41.5 Å². The molecule has 6 nitrogen and oxygen atoms in total. The molecule has 1 aromatic carbocycles. The fourth-order valence-electron chi connectivity index (χ4n) is 2.86. The van der Waals surface area contributed by atoms with Crippen LogP contribution in [0.25, 0.3) is 5.69 Å². The molecule has 0 radical (unpaired) electrons. The van der Waals surface area contributed by atoms with Crippen molar-refractivity contribution in [1.29, 1.82) is 0 Å². The fraction of sp³-hybridized carbons (Fsp3) is 0.375. The van der Waals surface area contributed by atoms with Gasteiger partial charge in [0.1, 0.15) is 5.82 Å². The maximum Gasteiger partial charge on any atom is 0.278 e. The van der Waals surface area contributed by atoms with E-state index in [-0.39, 0.29) is 41.6 Å². The molecular weight excluding hydrogens is 335 g/mol. The Bertz CT molecular complexity index is 750. The third kappa shape index (κ3) is 3.52. The van der Waals surface area contributed by atoms with Gasteiger partial charge in [-0.3, -0.25) is 4.79 Å². The molecule has 2 aromatic rings. The zero-order valence-corrected chi connectivity index (χ0v) is 14.1. The largest absolute Gasteiger partial charge is 0.504 e. The number of aromatic nitrogens is 2. The van der Waals surface area contributed by atoms with E-state index in [1.54, 1.807) is 17.9 Å². The normalized spacial score (nSPS) is 17.5. The molecule has 8 heteroatoms. The average Bonchev–Trinajstić information content (AvgIpc) is 2.88. The van der Waals surface area contributed by atoms with Gasteiger partial charge in [-0.2, -0.15) is 5.10 Å². The Kier molecular flexibility index (Phi) is 5.46. The van der Waals surface area contributed by atoms with Gasteiger partial charge in [-0.25, -0.2) is 9.07 Å². The van der Waals surface area contributed by atoms with Crippen LogP contribution in [0.4, 0.5) is 4.39 Å². The number of carbonyl (C=O) groups excluding carboxylic acids is 1. The molecular formula is C16H20ClFN4O2. The monoisotopic (exact) mass is 354 g/mol. The van der Waals surface area contributed by atoms with Crippen molar-refractivity contribution >= 4 is 18.3 Å². The number of benzene rings is 1. The molecule has 0 aliphatic carbocycles. The van der Waals surface area contributed by atoms with Crippen LogP contribution in [0.15, 0.2) is 24.4 Å². The van der Waals surface area contributed by atoms with Crippen molar-refractivity contribution in [2.75, 3.05) is 13.1 Å². The lowest BCUT2D eigenvalue weighted by atomic mass is 10.1. The molecule has 1 aliphatic heterocycles. The summed E-state index contributed by atoms with van der Waals surface area (Å²) >= 11 is 0. The molecule has 1 amide bonds. The van der Waals surface area contributed by atoms with Gasteiger partial charge in [-0.05, 0) is 43.5 Å². The topological polar surface area (TPSA) is 84.4 Å². The number of likely N-dealkylation sites (tertiary alicyclic amines) is 1. The van der Waals surface area contributed by atoms with Gasteiger partial charge in [0.2, 0.25) is 0 Å². The molecule has 1 unspecified atom stereocenters. The maximum absolute atomic E-state index is 13.2. The van der Waals surface area contributed by atoms with Gasteiger partial charge in [0.25, 0.3) is 5.91 Å². The van der Waals surface area contributed by atoms with E-state index in [1.165, 1.54) is 23.0 Å². The zero-order valence-electron chi connectivity index (χ0n) is 13.3. The smallest absolute Gasteiger partial charge is 0.278 e. The predicted molar refractivity (Wildman–Crippen MR) is 90.3 cm³/mol. The number of aryl methyl sites for hydroxylation is 1. The van der Waals surface area contributed by atoms with Gasteiger partial charge in [-0.15, -0.1) is 12.4 Å². The third-order valence-corrected chi connectivity index (χ3v) is 4.05. The first-order valence-electron chi connectivity index (χ1n) is 7.55. The summed E-state index contributed by atoms with van der Waals surface area (Å²) in [6, 6.07) is 4.20. The summed E-state index contributed by atoms with van der Waals surface area (Å²) in [6.07, 6.45) is 3.09. The van der Waals surface area contributed by atoms with Gasteiger partial charge in [0.05, 0.1) is 11.9 Å². The molecule has 130 valence electrons. The van der Waals surface area contributed by atoms with Crippen LogP contribution in [-0.4, -0.2) is 44.8 Å². The Morgan fingerprint density at radius 3 is 2.88 bits per heavy atom. The number of piperidine rings is 1. The quantitative estimate of drug-likeness (QED) is 0.864. The van der Waals surface area contributed by atoms with Crippen LogP contribution in [0.1, 0.15) is 28.9 Å². The van der Waals surface area contributed by atoms with E-state index in [0.717, 1.165) is 12.8 Å². The zero-order chi connectivity index (χ0) is 16.6. The van der Waals surface area contributed by atoms with Crippen LogP contribution in [0.2, 0.25) is 0 Å². The summed E-state index contributed by atoms with van der Waals surface area (Å²) in [6.45, 7) is 2.80. The third-order valence-electron chi connectivity index (χ3n) is 4.05. The fourth-order valence-corrected chi connectivity index (χ4v) is 2.86. The van der Waals surface area contributed by atoms with Crippen molar-refractivity contribution in [3.8, 4) is 11.4 Å². The lowest BCUT2D eigenvalue weighted by Crippen LogP contribution is -2.45. The summed E-state index contributed by atoms with van der Waals surface area (Å²) in [7, 11) is 0. The molecule has 1 aliphatic rings. The SMILES string of the molecule is Cc1cc(F)ccc1-n1cc(O)c(C(=O)N2CCCC(N)C2)n1.Cl. The second kappa shape index (κ2) is 7.19. The number of aromatic hydroxyl groups is 1. The molecule has 1 atom stereocenters. The number of hydrogen-bond donors (Lipinski definition) is 2. The molecule has 24 heavy (non-hydrogen) atoms. The molecule has 1 saturated heterocycles. The number of hydrogen-bond acceptors (Lipinski definition) is 4. The average molecular weight is 355 g/mol. The summed E-state index contributed by atoms with van der Waals surface area (Å²) in [5.74, 6) is -0.879. The Morgan fingerprint density at radius 2 is 2.21 bits per heavy atom. The van der Waals surface area contributed by atoms with E-state index in [4.69, 9.17) is 5.73 Å². The molecule has 2 heterocycles. The van der Waals surface area contributed by atoms with Crippen molar-refractivity contribution in [2.24, 2.45) is 5.73 Å². The summed E-state index contributed by atoms with van der Waals surface area (Å²) in [5.41, 5.74) is 7.15. The van der Waals surface area contributed by atoms with E-state index in [0.29, 0.717) is 24.3 Å². The predicted octanol–water partition coefficient (Wildman–Crippen LogP) is 2.01. The second-order valence-electron chi connectivity index (χ2n) is 5.89. The number of rotatable bonds is 2. The maximum atomic E-state index is 13.2. The van der Waals surface area contributed by atoms with Crippen LogP contribution in [0.5, 0.6) is 5.75 Å². The standard InChI is InChI=1S/C16H19FN4O2.ClH/c1-10-7-11(17)4-5-13(10)21-9-14(22)15(19-21)16(23)20-6-2-3-12(18)8-20;/h4-5,7,9,12,22H,2-3,6,8,18H2,1H3;1H. The molecule has 0 spiro atoms. The van der Waals surface area contributed by atoms with Crippen LogP contribution >= 0.6 is 12.4 Å². The van der Waals surface area contributed by atoms with Crippen LogP contribution < -0.4 is 5.73 Å². The minimum atomic E-state index is -0.346. The van der Waals surface area contributed by atoms with Gasteiger partial charge < -0.3 is 15.7 Å². The summed E-state index contributed by atoms with van der Waals surface area (Å²) in [5, 5.41) is 14.3. The molecule has 3 N–H and O–H groups in total. The molecule has 0 bridgehead atoms. The highest BCUT2D eigenvalue weighted by molar-refractivity contribution is 5.95. The summed E-state index contributed by atoms with van der Waals surface area (Å²) < 4.78 is 14.6. The van der Waals surface area contributed by atoms with E-state index >= 15 is 0 Å². The number of nitrogens with two attached hydrogens (primary N) is 1. The lowest BCUT2D eigenvalue weighted by molar-refractivity contribution is 0.0699. The van der Waals surface area contributed by atoms with Crippen molar-refractivity contribution in [2.45, 2.75) is 25.8 Å². The van der Waals surface area contributed by atoms with Crippen LogP contribution in [-0.2, 0) is 0 Å². The molecule has 0 saturated carbocycles. The molecule has 1 aromatic heterocycles. The van der Waals surface area contributed by atoms with E-state index in [9.17, 15) is 14.3 Å². The Hall–Kier alpha value is -2.12. The Morgan fingerprint density at radius 1 is 1.46 bits per heavy atom. The number of carbonyl (C=O) groups is 1. The van der Waals surface area contributed by atoms with Gasteiger partial charge in [0, 0.05) is 19.1 Å².